The molecule has 0 aliphatic carbocycles. The third-order valence-electron chi connectivity index (χ3n) is 3.78. The maximum Gasteiger partial charge on any atom is 0.119 e. The lowest BCUT2D eigenvalue weighted by atomic mass is 10.1. The molecule has 0 amide bonds. The van der Waals surface area contributed by atoms with Gasteiger partial charge in [0.05, 0.1) is 0 Å². The first kappa shape index (κ1) is 17.9. The van der Waals surface area contributed by atoms with Crippen molar-refractivity contribution in [2.75, 3.05) is 0 Å². The molecule has 1 unspecified atom stereocenters. The van der Waals surface area contributed by atoms with Gasteiger partial charge >= 0.3 is 0 Å². The van der Waals surface area contributed by atoms with Gasteiger partial charge in [0.1, 0.15) is 12.4 Å². The number of hydrogen-bond donors (Lipinski definition) is 0. The Morgan fingerprint density at radius 2 is 1.64 bits per heavy atom. The van der Waals surface area contributed by atoms with Crippen LogP contribution in [0.2, 0.25) is 0 Å². The van der Waals surface area contributed by atoms with Gasteiger partial charge in [0, 0.05) is 9.37 Å². The van der Waals surface area contributed by atoms with E-state index in [1.807, 2.05) is 60.7 Å². The van der Waals surface area contributed by atoms with Gasteiger partial charge in [-0.1, -0.05) is 64.5 Å². The van der Waals surface area contributed by atoms with Gasteiger partial charge in [-0.05, 0) is 58.5 Å². The van der Waals surface area contributed by atoms with Crippen molar-refractivity contribution in [1.82, 2.24) is 0 Å². The molecule has 3 aromatic rings. The predicted molar refractivity (Wildman–Crippen MR) is 101 cm³/mol. The van der Waals surface area contributed by atoms with E-state index in [4.69, 9.17) is 4.74 Å². The van der Waals surface area contributed by atoms with Crippen molar-refractivity contribution in [2.45, 2.75) is 17.9 Å². The molecular weight excluding hydrogens is 400 g/mol. The zero-order chi connectivity index (χ0) is 17.6. The molecule has 0 aliphatic rings. The largest absolute Gasteiger partial charge is 0.768 e. The quantitative estimate of drug-likeness (QED) is 0.540. The summed E-state index contributed by atoms with van der Waals surface area (Å²) in [5.41, 5.74) is 3.29. The molecule has 5 heteroatoms. The molecule has 3 nitrogen and oxygen atoms in total. The Labute approximate surface area is 158 Å². The third-order valence-corrected chi connectivity index (χ3v) is 5.16. The van der Waals surface area contributed by atoms with Gasteiger partial charge in [0.2, 0.25) is 0 Å². The minimum Gasteiger partial charge on any atom is -0.768 e. The Bertz CT molecular complexity index is 864. The van der Waals surface area contributed by atoms with Gasteiger partial charge in [0.25, 0.3) is 0 Å². The molecule has 25 heavy (non-hydrogen) atoms. The first-order valence-corrected chi connectivity index (χ1v) is 9.62. The van der Waals surface area contributed by atoms with Crippen LogP contribution in [0.1, 0.15) is 16.7 Å². The van der Waals surface area contributed by atoms with Crippen LogP contribution in [0.4, 0.5) is 0 Å². The molecular formula is C20H16BrO3S-. The summed E-state index contributed by atoms with van der Waals surface area (Å²) in [6, 6.07) is 23.0. The lowest BCUT2D eigenvalue weighted by Gasteiger charge is -2.10. The monoisotopic (exact) mass is 415 g/mol. The average Bonchev–Trinajstić information content (AvgIpc) is 2.63. The molecule has 0 radical (unpaired) electrons. The summed E-state index contributed by atoms with van der Waals surface area (Å²) >= 11 is 1.23. The second-order valence-corrected chi connectivity index (χ2v) is 7.38. The van der Waals surface area contributed by atoms with Crippen LogP contribution >= 0.6 is 15.9 Å². The molecule has 0 aromatic heterocycles. The van der Waals surface area contributed by atoms with E-state index >= 15 is 0 Å². The molecule has 0 aliphatic heterocycles. The van der Waals surface area contributed by atoms with E-state index < -0.39 is 11.1 Å². The first-order chi connectivity index (χ1) is 12.1. The van der Waals surface area contributed by atoms with Gasteiger partial charge in [-0.25, -0.2) is 0 Å². The van der Waals surface area contributed by atoms with Crippen LogP contribution in [-0.4, -0.2) is 8.76 Å². The zero-order valence-corrected chi connectivity index (χ0v) is 15.8. The molecule has 0 fully saturated rings. The summed E-state index contributed by atoms with van der Waals surface area (Å²) < 4.78 is 28.6. The predicted octanol–water partition coefficient (Wildman–Crippen LogP) is 4.86. The normalized spacial score (nSPS) is 11.9. The van der Waals surface area contributed by atoms with Crippen LogP contribution in [0.3, 0.4) is 0 Å². The summed E-state index contributed by atoms with van der Waals surface area (Å²) in [6.45, 7) is 0.541. The lowest BCUT2D eigenvalue weighted by Crippen LogP contribution is -1.96. The summed E-state index contributed by atoms with van der Waals surface area (Å²) in [5.74, 6) is 0.823. The minimum absolute atomic E-state index is 0.278. The van der Waals surface area contributed by atoms with Crippen molar-refractivity contribution >= 4 is 27.0 Å². The molecule has 1 atom stereocenters. The highest BCUT2D eigenvalue weighted by atomic mass is 79.9. The van der Waals surface area contributed by atoms with Crippen molar-refractivity contribution in [3.05, 3.63) is 94.0 Å². The maximum absolute atomic E-state index is 11.0. The Morgan fingerprint density at radius 1 is 0.920 bits per heavy atom. The fourth-order valence-electron chi connectivity index (χ4n) is 2.44. The molecule has 0 N–H and O–H groups in total. The van der Waals surface area contributed by atoms with E-state index in [1.54, 1.807) is 12.1 Å². The lowest BCUT2D eigenvalue weighted by molar-refractivity contribution is 0.306. The Morgan fingerprint density at radius 3 is 2.28 bits per heavy atom. The van der Waals surface area contributed by atoms with Crippen LogP contribution in [0.25, 0.3) is 0 Å². The van der Waals surface area contributed by atoms with Crippen molar-refractivity contribution in [2.24, 2.45) is 0 Å². The van der Waals surface area contributed by atoms with E-state index in [-0.39, 0.29) is 4.90 Å². The van der Waals surface area contributed by atoms with Crippen LogP contribution in [-0.2, 0) is 24.1 Å². The van der Waals surface area contributed by atoms with Gasteiger partial charge in [-0.3, -0.25) is 4.21 Å². The molecule has 0 heterocycles. The fraction of sp³-hybridized carbons (Fsp3) is 0.100. The number of benzene rings is 3. The third kappa shape index (κ3) is 5.01. The highest BCUT2D eigenvalue weighted by Crippen LogP contribution is 2.24. The number of ether oxygens (including phenoxy) is 1. The van der Waals surface area contributed by atoms with Crippen molar-refractivity contribution in [3.63, 3.8) is 0 Å². The molecule has 0 saturated carbocycles. The van der Waals surface area contributed by atoms with E-state index in [0.29, 0.717) is 13.0 Å². The Balaban J connectivity index is 1.63. The van der Waals surface area contributed by atoms with E-state index in [1.165, 1.54) is 0 Å². The topological polar surface area (TPSA) is 49.4 Å². The minimum atomic E-state index is -2.21. The van der Waals surface area contributed by atoms with Crippen molar-refractivity contribution < 1.29 is 13.5 Å². The van der Waals surface area contributed by atoms with Gasteiger partial charge < -0.3 is 9.29 Å². The van der Waals surface area contributed by atoms with Crippen LogP contribution in [0, 0.1) is 0 Å². The molecule has 0 saturated heterocycles. The van der Waals surface area contributed by atoms with Crippen molar-refractivity contribution in [3.8, 4) is 5.75 Å². The van der Waals surface area contributed by atoms with Crippen LogP contribution < -0.4 is 4.74 Å². The summed E-state index contributed by atoms with van der Waals surface area (Å²) in [5, 5.41) is 0. The van der Waals surface area contributed by atoms with E-state index in [9.17, 15) is 8.76 Å². The molecule has 128 valence electrons. The molecule has 0 bridgehead atoms. The smallest absolute Gasteiger partial charge is 0.119 e. The number of halogens is 1. The summed E-state index contributed by atoms with van der Waals surface area (Å²) in [4.78, 5) is 0.278. The second-order valence-electron chi connectivity index (χ2n) is 5.58. The molecule has 3 aromatic carbocycles. The van der Waals surface area contributed by atoms with Gasteiger partial charge in [-0.15, -0.1) is 0 Å². The number of hydrogen-bond acceptors (Lipinski definition) is 3. The zero-order valence-electron chi connectivity index (χ0n) is 13.4. The average molecular weight is 416 g/mol. The Hall–Kier alpha value is -1.95. The highest BCUT2D eigenvalue weighted by molar-refractivity contribution is 9.10. The van der Waals surface area contributed by atoms with Gasteiger partial charge in [0.15, 0.2) is 0 Å². The van der Waals surface area contributed by atoms with Gasteiger partial charge in [-0.2, -0.15) is 0 Å². The summed E-state index contributed by atoms with van der Waals surface area (Å²) in [6.07, 6.45) is 0.714. The standard InChI is InChI=1S/C20H17BrO3S/c21-20-13-19(25(22)23)11-8-17(20)12-15-6-9-18(10-7-15)24-14-16-4-2-1-3-5-16/h1-11,13H,12,14H2,(H,22,23)/p-1. The highest BCUT2D eigenvalue weighted by Gasteiger charge is 2.04. The maximum atomic E-state index is 11.0. The Kier molecular flexibility index (Phi) is 6.02. The van der Waals surface area contributed by atoms with E-state index in [0.717, 1.165) is 26.9 Å². The SMILES string of the molecule is O=S([O-])c1ccc(Cc2ccc(OCc3ccccc3)cc2)c(Br)c1. The second kappa shape index (κ2) is 8.43. The first-order valence-electron chi connectivity index (χ1n) is 7.75. The van der Waals surface area contributed by atoms with Crippen LogP contribution in [0.15, 0.2) is 82.2 Å². The fourth-order valence-corrected chi connectivity index (χ4v) is 3.50. The molecule has 0 spiro atoms. The van der Waals surface area contributed by atoms with Crippen LogP contribution in [0.5, 0.6) is 5.75 Å². The molecule has 3 rings (SSSR count). The summed E-state index contributed by atoms with van der Waals surface area (Å²) in [7, 11) is 0. The number of rotatable bonds is 6. The van der Waals surface area contributed by atoms with E-state index in [2.05, 4.69) is 15.9 Å². The van der Waals surface area contributed by atoms with Crippen molar-refractivity contribution in [1.29, 1.82) is 0 Å².